The fourth-order valence-corrected chi connectivity index (χ4v) is 5.90. The van der Waals surface area contributed by atoms with Crippen LogP contribution < -0.4 is 11.1 Å². The highest BCUT2D eigenvalue weighted by Gasteiger charge is 2.47. The normalized spacial score (nSPS) is 21.6. The van der Waals surface area contributed by atoms with E-state index in [4.69, 9.17) is 5.10 Å². The Labute approximate surface area is 169 Å². The van der Waals surface area contributed by atoms with E-state index in [0.29, 0.717) is 13.1 Å². The summed E-state index contributed by atoms with van der Waals surface area (Å²) >= 11 is 3.27. The van der Waals surface area contributed by atoms with Gasteiger partial charge in [-0.05, 0) is 37.8 Å². The van der Waals surface area contributed by atoms with E-state index in [1.807, 2.05) is 29.9 Å². The second kappa shape index (κ2) is 6.75. The Bertz CT molecular complexity index is 1130. The van der Waals surface area contributed by atoms with Crippen LogP contribution in [-0.4, -0.2) is 37.3 Å². The molecular formula is C19H21N5O2S2. The summed E-state index contributed by atoms with van der Waals surface area (Å²) in [5.74, 6) is 0.789. The molecule has 1 spiro atoms. The number of likely N-dealkylation sites (tertiary alicyclic amines) is 1. The monoisotopic (exact) mass is 415 g/mol. The molecule has 1 saturated heterocycles. The fourth-order valence-electron chi connectivity index (χ4n) is 4.39. The Balaban J connectivity index is 1.47. The van der Waals surface area contributed by atoms with Crippen LogP contribution in [0.3, 0.4) is 0 Å². The molecule has 5 heterocycles. The average molecular weight is 416 g/mol. The maximum Gasteiger partial charge on any atom is 0.332 e. The Hall–Kier alpha value is -2.10. The van der Waals surface area contributed by atoms with E-state index in [1.54, 1.807) is 27.2 Å². The molecule has 0 aromatic carbocycles. The molecule has 9 heteroatoms. The topological polar surface area (TPSA) is 73.0 Å². The van der Waals surface area contributed by atoms with E-state index in [0.717, 1.165) is 48.9 Å². The molecule has 0 unspecified atom stereocenters. The summed E-state index contributed by atoms with van der Waals surface area (Å²) in [6.45, 7) is 5.72. The van der Waals surface area contributed by atoms with Crippen molar-refractivity contribution in [3.05, 3.63) is 65.0 Å². The molecule has 3 aromatic heterocycles. The van der Waals surface area contributed by atoms with Crippen LogP contribution in [0.1, 0.15) is 34.1 Å². The summed E-state index contributed by atoms with van der Waals surface area (Å²) in [5.41, 5.74) is 1.89. The zero-order valence-corrected chi connectivity index (χ0v) is 17.3. The highest BCUT2D eigenvalue weighted by atomic mass is 32.1. The van der Waals surface area contributed by atoms with Crippen molar-refractivity contribution in [2.45, 2.75) is 44.8 Å². The average Bonchev–Trinajstić information content (AvgIpc) is 3.46. The van der Waals surface area contributed by atoms with Gasteiger partial charge in [-0.3, -0.25) is 19.1 Å². The molecule has 1 fully saturated rings. The third-order valence-electron chi connectivity index (χ3n) is 5.95. The summed E-state index contributed by atoms with van der Waals surface area (Å²) in [5, 5.41) is 6.68. The molecule has 0 radical (unpaired) electrons. The van der Waals surface area contributed by atoms with Gasteiger partial charge in [0.15, 0.2) is 0 Å². The standard InChI is InChI=1S/C19H21N5O2S2/c1-13-15(28-12-20-13)10-22-6-4-19(11-22)5-7-23-16(25)17(26)24(21-18(19)23)9-14-3-2-8-27-14/h2-3,8,12H,4-7,9-11H2,1H3/t19-/m0/s1. The number of rotatable bonds is 4. The largest absolute Gasteiger partial charge is 0.332 e. The van der Waals surface area contributed by atoms with Gasteiger partial charge in [-0.15, -0.1) is 22.7 Å². The number of thiazole rings is 1. The van der Waals surface area contributed by atoms with Crippen LogP contribution in [0.4, 0.5) is 0 Å². The molecule has 0 bridgehead atoms. The smallest absolute Gasteiger partial charge is 0.297 e. The predicted octanol–water partition coefficient (Wildman–Crippen LogP) is 1.83. The first-order valence-electron chi connectivity index (χ1n) is 9.42. The number of fused-ring (bicyclic) bond motifs is 2. The summed E-state index contributed by atoms with van der Waals surface area (Å²) in [4.78, 5) is 34.3. The van der Waals surface area contributed by atoms with Crippen molar-refractivity contribution in [3.63, 3.8) is 0 Å². The van der Waals surface area contributed by atoms with Crippen LogP contribution in [0.2, 0.25) is 0 Å². The summed E-state index contributed by atoms with van der Waals surface area (Å²) < 4.78 is 2.98. The fraction of sp³-hybridized carbons (Fsp3) is 0.474. The first-order chi connectivity index (χ1) is 13.6. The molecule has 146 valence electrons. The van der Waals surface area contributed by atoms with Gasteiger partial charge in [0.1, 0.15) is 5.82 Å². The van der Waals surface area contributed by atoms with Gasteiger partial charge in [0.05, 0.1) is 17.7 Å². The Kier molecular flexibility index (Phi) is 4.33. The van der Waals surface area contributed by atoms with E-state index in [-0.39, 0.29) is 5.41 Å². The summed E-state index contributed by atoms with van der Waals surface area (Å²) in [6.07, 6.45) is 1.84. The summed E-state index contributed by atoms with van der Waals surface area (Å²) in [6, 6.07) is 3.91. The molecular weight excluding hydrogens is 394 g/mol. The van der Waals surface area contributed by atoms with Gasteiger partial charge >= 0.3 is 11.1 Å². The van der Waals surface area contributed by atoms with Gasteiger partial charge in [0.25, 0.3) is 0 Å². The van der Waals surface area contributed by atoms with Gasteiger partial charge in [0, 0.05) is 34.8 Å². The predicted molar refractivity (Wildman–Crippen MR) is 109 cm³/mol. The maximum atomic E-state index is 12.7. The van der Waals surface area contributed by atoms with Crippen molar-refractivity contribution in [2.24, 2.45) is 0 Å². The Morgan fingerprint density at radius 3 is 2.75 bits per heavy atom. The van der Waals surface area contributed by atoms with Crippen LogP contribution in [0.25, 0.3) is 0 Å². The molecule has 2 aliphatic heterocycles. The lowest BCUT2D eigenvalue weighted by atomic mass is 9.85. The van der Waals surface area contributed by atoms with Gasteiger partial charge in [-0.25, -0.2) is 9.67 Å². The zero-order chi connectivity index (χ0) is 19.3. The van der Waals surface area contributed by atoms with Crippen LogP contribution in [0.15, 0.2) is 32.6 Å². The first-order valence-corrected chi connectivity index (χ1v) is 11.2. The minimum absolute atomic E-state index is 0.136. The minimum atomic E-state index is -0.524. The van der Waals surface area contributed by atoms with E-state index < -0.39 is 11.1 Å². The maximum absolute atomic E-state index is 12.7. The van der Waals surface area contributed by atoms with Crippen molar-refractivity contribution in [1.29, 1.82) is 0 Å². The van der Waals surface area contributed by atoms with Crippen LogP contribution in [0.5, 0.6) is 0 Å². The van der Waals surface area contributed by atoms with Crippen LogP contribution >= 0.6 is 22.7 Å². The Morgan fingerprint density at radius 1 is 1.14 bits per heavy atom. The molecule has 1 atom stereocenters. The second-order valence-corrected chi connectivity index (χ2v) is 9.65. The Morgan fingerprint density at radius 2 is 2.00 bits per heavy atom. The lowest BCUT2D eigenvalue weighted by Crippen LogP contribution is -2.45. The van der Waals surface area contributed by atoms with Crippen molar-refractivity contribution in [1.82, 2.24) is 24.2 Å². The lowest BCUT2D eigenvalue weighted by Gasteiger charge is -2.23. The molecule has 2 aliphatic rings. The molecule has 0 N–H and O–H groups in total. The SMILES string of the molecule is Cc1ncsc1CN1CC[C@]2(CCn3c2nn(Cc2cccs2)c(=O)c3=O)C1. The van der Waals surface area contributed by atoms with Gasteiger partial charge < -0.3 is 0 Å². The van der Waals surface area contributed by atoms with E-state index >= 15 is 0 Å². The van der Waals surface area contributed by atoms with E-state index in [2.05, 4.69) is 9.88 Å². The third kappa shape index (κ3) is 2.89. The number of aryl methyl sites for hydroxylation is 1. The van der Waals surface area contributed by atoms with Crippen molar-refractivity contribution in [3.8, 4) is 0 Å². The molecule has 28 heavy (non-hydrogen) atoms. The van der Waals surface area contributed by atoms with Gasteiger partial charge in [0.2, 0.25) is 0 Å². The zero-order valence-electron chi connectivity index (χ0n) is 15.6. The molecule has 5 rings (SSSR count). The number of nitrogens with zero attached hydrogens (tertiary/aromatic N) is 5. The number of hydrogen-bond acceptors (Lipinski definition) is 7. The molecule has 0 saturated carbocycles. The highest BCUT2D eigenvalue weighted by molar-refractivity contribution is 7.10. The van der Waals surface area contributed by atoms with Crippen LogP contribution in [-0.2, 0) is 25.0 Å². The third-order valence-corrected chi connectivity index (χ3v) is 7.73. The quantitative estimate of drug-likeness (QED) is 0.608. The van der Waals surface area contributed by atoms with Gasteiger partial charge in [-0.1, -0.05) is 6.07 Å². The molecule has 7 nitrogen and oxygen atoms in total. The number of aromatic nitrogens is 4. The highest BCUT2D eigenvalue weighted by Crippen LogP contribution is 2.41. The molecule has 3 aromatic rings. The summed E-state index contributed by atoms with van der Waals surface area (Å²) in [7, 11) is 0. The number of hydrogen-bond donors (Lipinski definition) is 0. The first kappa shape index (κ1) is 18.0. The second-order valence-electron chi connectivity index (χ2n) is 7.67. The minimum Gasteiger partial charge on any atom is -0.297 e. The van der Waals surface area contributed by atoms with E-state index in [9.17, 15) is 9.59 Å². The van der Waals surface area contributed by atoms with Crippen LogP contribution in [0, 0.1) is 6.92 Å². The lowest BCUT2D eigenvalue weighted by molar-refractivity contribution is 0.299. The van der Waals surface area contributed by atoms with Crippen molar-refractivity contribution >= 4 is 22.7 Å². The van der Waals surface area contributed by atoms with Gasteiger partial charge in [-0.2, -0.15) is 5.10 Å². The number of thiophene rings is 1. The molecule has 0 amide bonds. The van der Waals surface area contributed by atoms with Crippen molar-refractivity contribution < 1.29 is 0 Å². The van der Waals surface area contributed by atoms with E-state index in [1.165, 1.54) is 9.56 Å². The molecule has 0 aliphatic carbocycles. The van der Waals surface area contributed by atoms with Crippen molar-refractivity contribution in [2.75, 3.05) is 13.1 Å².